The van der Waals surface area contributed by atoms with Crippen molar-refractivity contribution in [2.24, 2.45) is 5.14 Å². The van der Waals surface area contributed by atoms with E-state index in [4.69, 9.17) is 5.14 Å². The Kier molecular flexibility index (Phi) is 5.97. The summed E-state index contributed by atoms with van der Waals surface area (Å²) < 4.78 is 0. The summed E-state index contributed by atoms with van der Waals surface area (Å²) in [6.07, 6.45) is 1.34. The smallest absolute Gasteiger partial charge is 0.0205 e. The first-order valence-corrected chi connectivity index (χ1v) is 5.78. The minimum atomic E-state index is 0.454. The van der Waals surface area contributed by atoms with Crippen LogP contribution in [0.4, 0.5) is 0 Å². The second-order valence-corrected chi connectivity index (χ2v) is 4.16. The lowest BCUT2D eigenvalue weighted by molar-refractivity contribution is 0.0229. The molecular weight excluding hydrogens is 168 g/mol. The van der Waals surface area contributed by atoms with Crippen LogP contribution < -0.4 is 5.14 Å². The molecule has 2 nitrogen and oxygen atoms in total. The fourth-order valence-corrected chi connectivity index (χ4v) is 1.62. The Morgan fingerprint density at radius 2 is 2.00 bits per heavy atom. The average Bonchev–Trinajstić information content (AvgIpc) is 2.07. The van der Waals surface area contributed by atoms with Gasteiger partial charge in [0, 0.05) is 24.4 Å². The molecule has 74 valence electrons. The second kappa shape index (κ2) is 5.84. The molecule has 0 bridgehead atoms. The summed E-state index contributed by atoms with van der Waals surface area (Å²) in [6, 6.07) is 0. The fraction of sp³-hybridized carbons (Fsp3) is 1.00. The Labute approximate surface area is 81.0 Å². The fourth-order valence-electron chi connectivity index (χ4n) is 1.29. The van der Waals surface area contributed by atoms with E-state index in [1.54, 1.807) is 0 Å². The Morgan fingerprint density at radius 3 is 2.25 bits per heavy atom. The summed E-state index contributed by atoms with van der Waals surface area (Å²) in [5.74, 6) is 1.06. The maximum atomic E-state index is 5.33. The monoisotopic (exact) mass is 190 g/mol. The number of likely N-dealkylation sites (tertiary alicyclic amines) is 1. The zero-order valence-corrected chi connectivity index (χ0v) is 9.58. The first kappa shape index (κ1) is 12.3. The number of hydrogen-bond donors (Lipinski definition) is 1. The van der Waals surface area contributed by atoms with E-state index in [2.05, 4.69) is 18.7 Å². The van der Waals surface area contributed by atoms with Crippen molar-refractivity contribution >= 4 is 11.9 Å². The van der Waals surface area contributed by atoms with E-state index in [0.717, 1.165) is 12.3 Å². The third-order valence-corrected chi connectivity index (χ3v) is 2.75. The van der Waals surface area contributed by atoms with E-state index < -0.39 is 0 Å². The highest BCUT2D eigenvalue weighted by Gasteiger charge is 2.34. The zero-order chi connectivity index (χ0) is 9.61. The van der Waals surface area contributed by atoms with E-state index in [-0.39, 0.29) is 0 Å². The van der Waals surface area contributed by atoms with Gasteiger partial charge in [-0.15, -0.1) is 0 Å². The molecule has 1 heterocycles. The van der Waals surface area contributed by atoms with Crippen molar-refractivity contribution in [3.05, 3.63) is 0 Å². The first-order valence-electron chi connectivity index (χ1n) is 4.73. The molecule has 0 radical (unpaired) electrons. The van der Waals surface area contributed by atoms with Crippen molar-refractivity contribution in [1.29, 1.82) is 0 Å². The van der Waals surface area contributed by atoms with Gasteiger partial charge in [-0.05, 0) is 20.3 Å². The summed E-state index contributed by atoms with van der Waals surface area (Å²) in [5, 5.41) is 5.33. The zero-order valence-electron chi connectivity index (χ0n) is 8.76. The van der Waals surface area contributed by atoms with Gasteiger partial charge < -0.3 is 0 Å². The van der Waals surface area contributed by atoms with Gasteiger partial charge in [0.15, 0.2) is 0 Å². The van der Waals surface area contributed by atoms with Gasteiger partial charge in [0.2, 0.25) is 0 Å². The van der Waals surface area contributed by atoms with Crippen LogP contribution in [0.25, 0.3) is 0 Å². The van der Waals surface area contributed by atoms with E-state index in [1.165, 1.54) is 24.9 Å². The van der Waals surface area contributed by atoms with Crippen molar-refractivity contribution in [2.45, 2.75) is 39.7 Å². The van der Waals surface area contributed by atoms with E-state index in [9.17, 15) is 0 Å². The molecule has 1 aliphatic heterocycles. The summed E-state index contributed by atoms with van der Waals surface area (Å²) in [5.41, 5.74) is 0.454. The largest absolute Gasteiger partial charge is 0.297 e. The SMILES string of the molecule is CC.CC1(C)CCN1CCSN. The highest BCUT2D eigenvalue weighted by Crippen LogP contribution is 2.28. The summed E-state index contributed by atoms with van der Waals surface area (Å²) in [6.45, 7) is 11.0. The van der Waals surface area contributed by atoms with Crippen LogP contribution >= 0.6 is 11.9 Å². The average molecular weight is 190 g/mol. The van der Waals surface area contributed by atoms with Gasteiger partial charge in [-0.1, -0.05) is 25.8 Å². The molecule has 1 saturated heterocycles. The second-order valence-electron chi connectivity index (χ2n) is 3.42. The number of nitrogens with two attached hydrogens (primary N) is 1. The Hall–Kier alpha value is 0.270. The molecule has 0 aliphatic carbocycles. The normalized spacial score (nSPS) is 20.8. The molecule has 0 aromatic carbocycles. The lowest BCUT2D eigenvalue weighted by atomic mass is 9.89. The minimum absolute atomic E-state index is 0.454. The summed E-state index contributed by atoms with van der Waals surface area (Å²) >= 11 is 1.44. The van der Waals surface area contributed by atoms with Gasteiger partial charge in [0.05, 0.1) is 0 Å². The maximum Gasteiger partial charge on any atom is 0.0205 e. The van der Waals surface area contributed by atoms with Crippen LogP contribution in [0.1, 0.15) is 34.1 Å². The highest BCUT2D eigenvalue weighted by atomic mass is 32.2. The lowest BCUT2D eigenvalue weighted by Gasteiger charge is -2.48. The predicted octanol–water partition coefficient (Wildman–Crippen LogP) is 2.10. The van der Waals surface area contributed by atoms with E-state index in [0.29, 0.717) is 5.54 Å². The third kappa shape index (κ3) is 3.33. The Morgan fingerprint density at radius 1 is 1.42 bits per heavy atom. The number of nitrogens with zero attached hydrogens (tertiary/aromatic N) is 1. The van der Waals surface area contributed by atoms with Gasteiger partial charge in [-0.25, -0.2) is 0 Å². The van der Waals surface area contributed by atoms with Crippen LogP contribution in [0.2, 0.25) is 0 Å². The molecule has 1 fully saturated rings. The van der Waals surface area contributed by atoms with Gasteiger partial charge in [-0.2, -0.15) is 0 Å². The maximum absolute atomic E-state index is 5.33. The van der Waals surface area contributed by atoms with Crippen molar-refractivity contribution in [2.75, 3.05) is 18.8 Å². The van der Waals surface area contributed by atoms with Gasteiger partial charge >= 0.3 is 0 Å². The molecule has 0 aromatic heterocycles. The molecule has 1 aliphatic rings. The molecule has 0 atom stereocenters. The molecule has 0 saturated carbocycles. The van der Waals surface area contributed by atoms with E-state index in [1.807, 2.05) is 13.8 Å². The molecule has 0 aromatic rings. The molecule has 0 amide bonds. The first-order chi connectivity index (χ1) is 5.67. The minimum Gasteiger partial charge on any atom is -0.297 e. The highest BCUT2D eigenvalue weighted by molar-refractivity contribution is 7.97. The standard InChI is InChI=1S/C7H16N2S.C2H6/c1-7(2)3-4-9(7)5-6-10-8;1-2/h3-6,8H2,1-2H3;1-2H3. The van der Waals surface area contributed by atoms with Crippen molar-refractivity contribution in [3.8, 4) is 0 Å². The van der Waals surface area contributed by atoms with Gasteiger partial charge in [0.25, 0.3) is 0 Å². The number of hydrogen-bond acceptors (Lipinski definition) is 3. The van der Waals surface area contributed by atoms with Gasteiger partial charge in [-0.3, -0.25) is 10.0 Å². The van der Waals surface area contributed by atoms with Crippen LogP contribution in [0.15, 0.2) is 0 Å². The van der Waals surface area contributed by atoms with Gasteiger partial charge in [0.1, 0.15) is 0 Å². The van der Waals surface area contributed by atoms with Crippen molar-refractivity contribution in [1.82, 2.24) is 4.90 Å². The van der Waals surface area contributed by atoms with Crippen LogP contribution in [-0.2, 0) is 0 Å². The molecule has 0 spiro atoms. The third-order valence-electron chi connectivity index (χ3n) is 2.33. The Bertz CT molecular complexity index is 115. The summed E-state index contributed by atoms with van der Waals surface area (Å²) in [4.78, 5) is 2.48. The molecule has 3 heteroatoms. The number of rotatable bonds is 3. The molecule has 12 heavy (non-hydrogen) atoms. The summed E-state index contributed by atoms with van der Waals surface area (Å²) in [7, 11) is 0. The van der Waals surface area contributed by atoms with Crippen LogP contribution in [0.3, 0.4) is 0 Å². The molecule has 1 rings (SSSR count). The molecule has 2 N–H and O–H groups in total. The van der Waals surface area contributed by atoms with Crippen LogP contribution in [-0.4, -0.2) is 29.3 Å². The van der Waals surface area contributed by atoms with Crippen molar-refractivity contribution in [3.63, 3.8) is 0 Å². The Balaban J connectivity index is 0.000000561. The van der Waals surface area contributed by atoms with E-state index >= 15 is 0 Å². The van der Waals surface area contributed by atoms with Crippen LogP contribution in [0, 0.1) is 0 Å². The molecular formula is C9H22N2S. The quantitative estimate of drug-likeness (QED) is 0.691. The van der Waals surface area contributed by atoms with Crippen molar-refractivity contribution < 1.29 is 0 Å². The molecule has 0 unspecified atom stereocenters. The predicted molar refractivity (Wildman–Crippen MR) is 58.3 cm³/mol. The van der Waals surface area contributed by atoms with Crippen LogP contribution in [0.5, 0.6) is 0 Å². The topological polar surface area (TPSA) is 29.3 Å². The lowest BCUT2D eigenvalue weighted by Crippen LogP contribution is -2.56.